The van der Waals surface area contributed by atoms with Crippen LogP contribution in [0.15, 0.2) is 84.7 Å². The number of hydrogen-bond acceptors (Lipinski definition) is 3. The molecule has 1 amide bonds. The fourth-order valence-electron chi connectivity index (χ4n) is 4.51. The topological polar surface area (TPSA) is 37.7 Å². The maximum absolute atomic E-state index is 13.5. The Labute approximate surface area is 217 Å². The molecule has 36 heavy (non-hydrogen) atoms. The Morgan fingerprint density at radius 1 is 0.944 bits per heavy atom. The molecule has 0 unspecified atom stereocenters. The first kappa shape index (κ1) is 23.8. The lowest BCUT2D eigenvalue weighted by Gasteiger charge is -2.17. The number of aromatic nitrogens is 1. The molecule has 0 spiro atoms. The number of nitrogens with zero attached hydrogens (tertiary/aromatic N) is 3. The van der Waals surface area contributed by atoms with Crippen LogP contribution in [0.2, 0.25) is 0 Å². The lowest BCUT2D eigenvalue weighted by molar-refractivity contribution is -0.114. The summed E-state index contributed by atoms with van der Waals surface area (Å²) in [5, 5.41) is 1.59. The van der Waals surface area contributed by atoms with E-state index in [0.717, 1.165) is 46.4 Å². The van der Waals surface area contributed by atoms with E-state index in [1.54, 1.807) is 9.80 Å². The predicted octanol–water partition coefficient (Wildman–Crippen LogP) is 6.33. The van der Waals surface area contributed by atoms with Gasteiger partial charge in [-0.15, -0.1) is 0 Å². The summed E-state index contributed by atoms with van der Waals surface area (Å²) in [6.07, 6.45) is 4.94. The van der Waals surface area contributed by atoms with E-state index in [2.05, 4.69) is 29.8 Å². The van der Waals surface area contributed by atoms with Crippen LogP contribution in [0, 0.1) is 13.8 Å². The van der Waals surface area contributed by atoms with Gasteiger partial charge in [-0.3, -0.25) is 9.69 Å². The number of aryl methyl sites for hydroxylation is 3. The molecular weight excluding hydrogens is 466 g/mol. The SMILES string of the molecule is Cc1ccc(N2C(=O)/C(=C/c3cn(CCCOc4ccccc4)c4ccccc34)N(C)C2=S)cc1C. The number of rotatable bonds is 7. The molecule has 0 bridgehead atoms. The summed E-state index contributed by atoms with van der Waals surface area (Å²) < 4.78 is 8.10. The van der Waals surface area contributed by atoms with Crippen LogP contribution in [0.5, 0.6) is 5.75 Å². The van der Waals surface area contributed by atoms with Gasteiger partial charge in [0.05, 0.1) is 12.3 Å². The molecule has 0 N–H and O–H groups in total. The molecule has 2 heterocycles. The maximum atomic E-state index is 13.5. The van der Waals surface area contributed by atoms with E-state index < -0.39 is 0 Å². The van der Waals surface area contributed by atoms with E-state index in [4.69, 9.17) is 17.0 Å². The van der Waals surface area contributed by atoms with Crippen molar-refractivity contribution < 1.29 is 9.53 Å². The number of anilines is 1. The van der Waals surface area contributed by atoms with Crippen LogP contribution in [-0.4, -0.2) is 34.1 Å². The van der Waals surface area contributed by atoms with Crippen molar-refractivity contribution in [2.45, 2.75) is 26.8 Å². The van der Waals surface area contributed by atoms with Gasteiger partial charge in [0.15, 0.2) is 5.11 Å². The van der Waals surface area contributed by atoms with Gasteiger partial charge in [-0.05, 0) is 80.0 Å². The van der Waals surface area contributed by atoms with Crippen LogP contribution in [0.25, 0.3) is 17.0 Å². The monoisotopic (exact) mass is 495 g/mol. The molecule has 3 aromatic carbocycles. The molecule has 5 rings (SSSR count). The molecule has 1 fully saturated rings. The summed E-state index contributed by atoms with van der Waals surface area (Å²) in [5.74, 6) is 0.770. The average Bonchev–Trinajstić information content (AvgIpc) is 3.34. The molecule has 0 radical (unpaired) electrons. The quantitative estimate of drug-likeness (QED) is 0.171. The van der Waals surface area contributed by atoms with Gasteiger partial charge in [0.25, 0.3) is 5.91 Å². The Bertz CT molecular complexity index is 1470. The zero-order valence-corrected chi connectivity index (χ0v) is 21.6. The largest absolute Gasteiger partial charge is 0.494 e. The molecule has 5 nitrogen and oxygen atoms in total. The van der Waals surface area contributed by atoms with Crippen molar-refractivity contribution in [1.29, 1.82) is 0 Å². The van der Waals surface area contributed by atoms with E-state index in [-0.39, 0.29) is 5.91 Å². The first-order valence-electron chi connectivity index (χ1n) is 12.1. The molecule has 1 aromatic heterocycles. The molecule has 6 heteroatoms. The molecule has 1 aliphatic rings. The molecule has 0 saturated carbocycles. The molecule has 1 saturated heterocycles. The summed E-state index contributed by atoms with van der Waals surface area (Å²) in [6, 6.07) is 24.1. The molecule has 0 aliphatic carbocycles. The smallest absolute Gasteiger partial charge is 0.281 e. The van der Waals surface area contributed by atoms with Crippen LogP contribution in [0.4, 0.5) is 5.69 Å². The first-order chi connectivity index (χ1) is 17.4. The number of para-hydroxylation sites is 2. The highest BCUT2D eigenvalue weighted by molar-refractivity contribution is 7.80. The fraction of sp³-hybridized carbons (Fsp3) is 0.200. The Morgan fingerprint density at radius 2 is 1.69 bits per heavy atom. The van der Waals surface area contributed by atoms with Gasteiger partial charge in [0.2, 0.25) is 0 Å². The Hall–Kier alpha value is -3.90. The van der Waals surface area contributed by atoms with Crippen molar-refractivity contribution in [3.05, 3.63) is 101 Å². The molecular formula is C30H29N3O2S. The number of amides is 1. The fourth-order valence-corrected chi connectivity index (χ4v) is 4.80. The number of fused-ring (bicyclic) bond motifs is 1. The highest BCUT2D eigenvalue weighted by Gasteiger charge is 2.37. The number of thiocarbonyl (C=S) groups is 1. The van der Waals surface area contributed by atoms with Crippen LogP contribution >= 0.6 is 12.2 Å². The highest BCUT2D eigenvalue weighted by atomic mass is 32.1. The molecule has 4 aromatic rings. The summed E-state index contributed by atoms with van der Waals surface area (Å²) in [5.41, 5.74) is 5.79. The summed E-state index contributed by atoms with van der Waals surface area (Å²) in [6.45, 7) is 5.55. The van der Waals surface area contributed by atoms with Gasteiger partial charge in [-0.2, -0.15) is 0 Å². The van der Waals surface area contributed by atoms with Gasteiger partial charge < -0.3 is 14.2 Å². The van der Waals surface area contributed by atoms with Crippen LogP contribution in [-0.2, 0) is 11.3 Å². The number of hydrogen-bond donors (Lipinski definition) is 0. The van der Waals surface area contributed by atoms with E-state index in [1.807, 2.05) is 80.7 Å². The highest BCUT2D eigenvalue weighted by Crippen LogP contribution is 2.31. The lowest BCUT2D eigenvalue weighted by Crippen LogP contribution is -2.31. The lowest BCUT2D eigenvalue weighted by atomic mass is 10.1. The number of ether oxygens (including phenoxy) is 1. The van der Waals surface area contributed by atoms with Crippen molar-refractivity contribution in [2.75, 3.05) is 18.6 Å². The van der Waals surface area contributed by atoms with Crippen molar-refractivity contribution in [3.63, 3.8) is 0 Å². The van der Waals surface area contributed by atoms with Crippen LogP contribution in [0.3, 0.4) is 0 Å². The maximum Gasteiger partial charge on any atom is 0.281 e. The Morgan fingerprint density at radius 3 is 2.47 bits per heavy atom. The van der Waals surface area contributed by atoms with Gasteiger partial charge in [0.1, 0.15) is 11.4 Å². The second-order valence-corrected chi connectivity index (χ2v) is 9.46. The van der Waals surface area contributed by atoms with Gasteiger partial charge in [-0.1, -0.05) is 42.5 Å². The summed E-state index contributed by atoms with van der Waals surface area (Å²) >= 11 is 5.67. The zero-order chi connectivity index (χ0) is 25.2. The third-order valence-electron chi connectivity index (χ3n) is 6.68. The van der Waals surface area contributed by atoms with Crippen LogP contribution in [0.1, 0.15) is 23.1 Å². The Kier molecular flexibility index (Phi) is 6.61. The normalized spacial score (nSPS) is 14.9. The van der Waals surface area contributed by atoms with E-state index in [1.165, 1.54) is 5.56 Å². The Balaban J connectivity index is 1.40. The minimum Gasteiger partial charge on any atom is -0.494 e. The van der Waals surface area contributed by atoms with Crippen LogP contribution < -0.4 is 9.64 Å². The summed E-state index contributed by atoms with van der Waals surface area (Å²) in [7, 11) is 1.85. The van der Waals surface area contributed by atoms with Gasteiger partial charge in [-0.25, -0.2) is 0 Å². The second-order valence-electron chi connectivity index (χ2n) is 9.09. The predicted molar refractivity (Wildman–Crippen MR) is 150 cm³/mol. The van der Waals surface area contributed by atoms with Gasteiger partial charge >= 0.3 is 0 Å². The first-order valence-corrected chi connectivity index (χ1v) is 12.5. The number of carbonyl (C=O) groups excluding carboxylic acids is 1. The van der Waals surface area contributed by atoms with Crippen molar-refractivity contribution in [2.24, 2.45) is 0 Å². The van der Waals surface area contributed by atoms with E-state index >= 15 is 0 Å². The standard InChI is InChI=1S/C30H29N3O2S/c1-21-14-15-24(18-22(21)2)33-29(34)28(31(3)30(33)36)19-23-20-32(27-13-8-7-12-26(23)27)16-9-17-35-25-10-5-4-6-11-25/h4-8,10-15,18-20H,9,16-17H2,1-3H3/b28-19-. The summed E-state index contributed by atoms with van der Waals surface area (Å²) in [4.78, 5) is 16.9. The average molecular weight is 496 g/mol. The number of carbonyl (C=O) groups is 1. The van der Waals surface area contributed by atoms with Crippen molar-refractivity contribution in [3.8, 4) is 5.75 Å². The second kappa shape index (κ2) is 9.99. The van der Waals surface area contributed by atoms with Crippen molar-refractivity contribution >= 4 is 45.9 Å². The number of likely N-dealkylation sites (N-methyl/N-ethyl adjacent to an activating group) is 1. The van der Waals surface area contributed by atoms with Gasteiger partial charge in [0, 0.05) is 36.3 Å². The zero-order valence-electron chi connectivity index (χ0n) is 20.8. The molecule has 182 valence electrons. The third kappa shape index (κ3) is 4.52. The van der Waals surface area contributed by atoms with E-state index in [9.17, 15) is 4.79 Å². The molecule has 0 atom stereocenters. The number of benzene rings is 3. The van der Waals surface area contributed by atoms with Crippen molar-refractivity contribution in [1.82, 2.24) is 9.47 Å². The molecule has 1 aliphatic heterocycles. The third-order valence-corrected chi connectivity index (χ3v) is 7.13. The minimum absolute atomic E-state index is 0.112. The van der Waals surface area contributed by atoms with E-state index in [0.29, 0.717) is 17.4 Å². The minimum atomic E-state index is -0.112.